The Labute approximate surface area is 186 Å². The summed E-state index contributed by atoms with van der Waals surface area (Å²) in [6, 6.07) is 14.9. The number of esters is 1. The fourth-order valence-corrected chi connectivity index (χ4v) is 4.32. The van der Waals surface area contributed by atoms with Gasteiger partial charge in [-0.1, -0.05) is 29.8 Å². The number of methoxy groups -OCH3 is 1. The molecular formula is C24H24ClN3O3. The molecule has 1 unspecified atom stereocenters. The highest BCUT2D eigenvalue weighted by Gasteiger charge is 2.39. The predicted molar refractivity (Wildman–Crippen MR) is 120 cm³/mol. The molecule has 1 aliphatic rings. The van der Waals surface area contributed by atoms with Crippen LogP contribution in [0.4, 0.5) is 5.69 Å². The van der Waals surface area contributed by atoms with Gasteiger partial charge in [0.2, 0.25) is 0 Å². The number of halogens is 1. The molecule has 1 aromatic heterocycles. The fourth-order valence-electron chi connectivity index (χ4n) is 4.07. The van der Waals surface area contributed by atoms with E-state index in [0.717, 1.165) is 22.6 Å². The van der Waals surface area contributed by atoms with E-state index in [1.54, 1.807) is 21.7 Å². The van der Waals surface area contributed by atoms with E-state index in [0.29, 0.717) is 30.0 Å². The van der Waals surface area contributed by atoms with E-state index in [1.807, 2.05) is 56.4 Å². The van der Waals surface area contributed by atoms with Gasteiger partial charge in [-0.15, -0.1) is 0 Å². The lowest BCUT2D eigenvalue weighted by Crippen LogP contribution is -2.36. The van der Waals surface area contributed by atoms with Crippen LogP contribution in [0.5, 0.6) is 0 Å². The lowest BCUT2D eigenvalue weighted by atomic mass is 9.81. The molecule has 0 bridgehead atoms. The van der Waals surface area contributed by atoms with Gasteiger partial charge in [0, 0.05) is 18.4 Å². The number of ether oxygens (including phenoxy) is 1. The highest BCUT2D eigenvalue weighted by Crippen LogP contribution is 2.38. The summed E-state index contributed by atoms with van der Waals surface area (Å²) in [6.45, 7) is 4.18. The van der Waals surface area contributed by atoms with E-state index >= 15 is 0 Å². The Morgan fingerprint density at radius 2 is 1.94 bits per heavy atom. The van der Waals surface area contributed by atoms with E-state index in [-0.39, 0.29) is 11.9 Å². The van der Waals surface area contributed by atoms with Gasteiger partial charge < -0.3 is 9.64 Å². The topological polar surface area (TPSA) is 64.4 Å². The smallest absolute Gasteiger partial charge is 0.311 e. The number of carbonyl (C=O) groups excluding carboxylic acids is 2. The van der Waals surface area contributed by atoms with Gasteiger partial charge in [0.25, 0.3) is 5.91 Å². The minimum atomic E-state index is -0.703. The lowest BCUT2D eigenvalue weighted by molar-refractivity contribution is -0.152. The number of anilines is 1. The zero-order valence-electron chi connectivity index (χ0n) is 17.8. The number of carbonyl (C=O) groups is 2. The number of benzene rings is 2. The van der Waals surface area contributed by atoms with Crippen molar-refractivity contribution in [2.45, 2.75) is 26.7 Å². The number of rotatable bonds is 3. The zero-order chi connectivity index (χ0) is 22.2. The van der Waals surface area contributed by atoms with Crippen LogP contribution in [0.3, 0.4) is 0 Å². The molecule has 2 heterocycles. The van der Waals surface area contributed by atoms with Gasteiger partial charge in [-0.25, -0.2) is 4.68 Å². The number of fused-ring (bicyclic) bond motifs is 1. The third-order valence-electron chi connectivity index (χ3n) is 5.84. The second-order valence-electron chi connectivity index (χ2n) is 8.13. The molecular weight excluding hydrogens is 414 g/mol. The third kappa shape index (κ3) is 3.95. The SMILES string of the molecule is COC(=O)C1(C)CCN(C(=O)c2ccc(-n3ccc(C)n3)cc2Cl)c2ccccc2C1. The van der Waals surface area contributed by atoms with Gasteiger partial charge in [-0.3, -0.25) is 9.59 Å². The first kappa shape index (κ1) is 21.1. The summed E-state index contributed by atoms with van der Waals surface area (Å²) in [5.74, 6) is -0.469. The van der Waals surface area contributed by atoms with Crippen molar-refractivity contribution in [3.05, 3.63) is 76.6 Å². The van der Waals surface area contributed by atoms with E-state index < -0.39 is 5.41 Å². The van der Waals surface area contributed by atoms with E-state index in [1.165, 1.54) is 7.11 Å². The molecule has 0 N–H and O–H groups in total. The molecule has 0 spiro atoms. The van der Waals surface area contributed by atoms with E-state index in [9.17, 15) is 9.59 Å². The summed E-state index contributed by atoms with van der Waals surface area (Å²) in [7, 11) is 1.40. The largest absolute Gasteiger partial charge is 0.469 e. The minimum Gasteiger partial charge on any atom is -0.469 e. The Bertz CT molecular complexity index is 1160. The lowest BCUT2D eigenvalue weighted by Gasteiger charge is -2.25. The highest BCUT2D eigenvalue weighted by molar-refractivity contribution is 6.34. The molecule has 3 aromatic rings. The first-order valence-electron chi connectivity index (χ1n) is 10.1. The van der Waals surface area contributed by atoms with Crippen LogP contribution in [0.2, 0.25) is 5.02 Å². The first-order valence-corrected chi connectivity index (χ1v) is 10.5. The van der Waals surface area contributed by atoms with Crippen LogP contribution in [0.15, 0.2) is 54.7 Å². The Balaban J connectivity index is 1.69. The summed E-state index contributed by atoms with van der Waals surface area (Å²) in [5, 5.41) is 4.74. The summed E-state index contributed by atoms with van der Waals surface area (Å²) >= 11 is 6.53. The number of aryl methyl sites for hydroxylation is 1. The van der Waals surface area contributed by atoms with Crippen LogP contribution < -0.4 is 4.90 Å². The quantitative estimate of drug-likeness (QED) is 0.561. The number of nitrogens with zero attached hydrogens (tertiary/aromatic N) is 3. The van der Waals surface area contributed by atoms with Crippen molar-refractivity contribution in [1.82, 2.24) is 9.78 Å². The summed E-state index contributed by atoms with van der Waals surface area (Å²) in [6.07, 6.45) is 2.84. The zero-order valence-corrected chi connectivity index (χ0v) is 18.5. The standard InChI is InChI=1S/C24H24ClN3O3/c1-16-10-12-28(26-16)18-8-9-19(20(25)14-18)22(29)27-13-11-24(2,23(30)31-3)15-17-6-4-5-7-21(17)27/h4-10,12,14H,11,13,15H2,1-3H3. The van der Waals surface area contributed by atoms with Gasteiger partial charge in [-0.2, -0.15) is 5.10 Å². The Hall–Kier alpha value is -3.12. The molecule has 0 saturated carbocycles. The van der Waals surface area contributed by atoms with Crippen LogP contribution in [-0.4, -0.2) is 35.3 Å². The number of hydrogen-bond donors (Lipinski definition) is 0. The highest BCUT2D eigenvalue weighted by atomic mass is 35.5. The van der Waals surface area contributed by atoms with Crippen LogP contribution >= 0.6 is 11.6 Å². The van der Waals surface area contributed by atoms with Gasteiger partial charge in [0.15, 0.2) is 0 Å². The molecule has 0 fully saturated rings. The molecule has 0 saturated heterocycles. The molecule has 2 aromatic carbocycles. The second kappa shape index (κ2) is 8.19. The third-order valence-corrected chi connectivity index (χ3v) is 6.16. The van der Waals surface area contributed by atoms with Gasteiger partial charge in [-0.05, 0) is 62.6 Å². The molecule has 7 heteroatoms. The van der Waals surface area contributed by atoms with Crippen LogP contribution in [0.25, 0.3) is 5.69 Å². The van der Waals surface area contributed by atoms with Gasteiger partial charge >= 0.3 is 5.97 Å². The van der Waals surface area contributed by atoms with Crippen molar-refractivity contribution in [3.63, 3.8) is 0 Å². The molecule has 4 rings (SSSR count). The van der Waals surface area contributed by atoms with Crippen molar-refractivity contribution < 1.29 is 14.3 Å². The Morgan fingerprint density at radius 1 is 1.16 bits per heavy atom. The average molecular weight is 438 g/mol. The van der Waals surface area contributed by atoms with Crippen molar-refractivity contribution in [1.29, 1.82) is 0 Å². The van der Waals surface area contributed by atoms with Crippen LogP contribution in [0, 0.1) is 12.3 Å². The number of amides is 1. The number of aromatic nitrogens is 2. The van der Waals surface area contributed by atoms with Crippen molar-refractivity contribution in [2.24, 2.45) is 5.41 Å². The molecule has 1 atom stereocenters. The summed E-state index contributed by atoms with van der Waals surface area (Å²) in [5.41, 5.74) is 3.11. The normalized spacial score (nSPS) is 18.3. The van der Waals surface area contributed by atoms with Gasteiger partial charge in [0.05, 0.1) is 34.5 Å². The molecule has 0 radical (unpaired) electrons. The molecule has 1 amide bonds. The first-order chi connectivity index (χ1) is 14.8. The molecule has 160 valence electrons. The molecule has 0 aliphatic carbocycles. The van der Waals surface area contributed by atoms with E-state index in [4.69, 9.17) is 16.3 Å². The second-order valence-corrected chi connectivity index (χ2v) is 8.54. The Morgan fingerprint density at radius 3 is 2.61 bits per heavy atom. The maximum atomic E-state index is 13.5. The van der Waals surface area contributed by atoms with Crippen molar-refractivity contribution >= 4 is 29.2 Å². The summed E-state index contributed by atoms with van der Waals surface area (Å²) < 4.78 is 6.77. The van der Waals surface area contributed by atoms with Crippen LogP contribution in [0.1, 0.15) is 35.0 Å². The van der Waals surface area contributed by atoms with Gasteiger partial charge in [0.1, 0.15) is 0 Å². The predicted octanol–water partition coefficient (Wildman–Crippen LogP) is 4.61. The molecule has 1 aliphatic heterocycles. The maximum Gasteiger partial charge on any atom is 0.311 e. The minimum absolute atomic E-state index is 0.199. The Kier molecular flexibility index (Phi) is 5.58. The fraction of sp³-hybridized carbons (Fsp3) is 0.292. The average Bonchev–Trinajstić information content (AvgIpc) is 3.13. The van der Waals surface area contributed by atoms with Crippen LogP contribution in [-0.2, 0) is 16.0 Å². The number of para-hydroxylation sites is 1. The molecule has 31 heavy (non-hydrogen) atoms. The van der Waals surface area contributed by atoms with Crippen molar-refractivity contribution in [2.75, 3.05) is 18.6 Å². The van der Waals surface area contributed by atoms with Crippen molar-refractivity contribution in [3.8, 4) is 5.69 Å². The van der Waals surface area contributed by atoms with E-state index in [2.05, 4.69) is 5.10 Å². The summed E-state index contributed by atoms with van der Waals surface area (Å²) in [4.78, 5) is 27.7. The maximum absolute atomic E-state index is 13.5. The monoisotopic (exact) mass is 437 g/mol. The number of hydrogen-bond acceptors (Lipinski definition) is 4. The molecule has 6 nitrogen and oxygen atoms in total.